The minimum atomic E-state index is -3.90. The van der Waals surface area contributed by atoms with E-state index in [1.54, 1.807) is 12.1 Å². The highest BCUT2D eigenvalue weighted by Gasteiger charge is 2.39. The highest BCUT2D eigenvalue weighted by atomic mass is 35.5. The number of amides is 2. The second-order valence-electron chi connectivity index (χ2n) is 13.3. The summed E-state index contributed by atoms with van der Waals surface area (Å²) in [6.45, 7) is -3.82. The lowest BCUT2D eigenvalue weighted by atomic mass is 10.0. The number of anilines is 1. The SMILES string of the molecule is CS(=O)(=O)N(Cc1ccc2ccccc2n1)c1ccc2c(c1)C(=O)N(CC(=O)O[C@@H](Cc1c(Cl)c[nH+]cc1Cl)c1ccc(OC(F)F)c(OCC3CC3)c1)C2=O.[OH-]. The van der Waals surface area contributed by atoms with Crippen molar-refractivity contribution in [2.24, 2.45) is 5.92 Å². The Balaban J connectivity index is 0.00000549. The van der Waals surface area contributed by atoms with Crippen molar-refractivity contribution in [3.05, 3.63) is 123 Å². The van der Waals surface area contributed by atoms with Crippen molar-refractivity contribution in [3.8, 4) is 11.5 Å². The number of imide groups is 1. The lowest BCUT2D eigenvalue weighted by molar-refractivity contribution is -0.377. The number of nitrogens with zero attached hydrogens (tertiary/aromatic N) is 3. The van der Waals surface area contributed by atoms with Gasteiger partial charge in [0.15, 0.2) is 23.9 Å². The molecule has 0 radical (unpaired) electrons. The van der Waals surface area contributed by atoms with Crippen LogP contribution in [0.5, 0.6) is 11.5 Å². The number of carbonyl (C=O) groups is 3. The van der Waals surface area contributed by atoms with Crippen LogP contribution in [0, 0.1) is 5.92 Å². The maximum Gasteiger partial charge on any atom is 0.387 e. The summed E-state index contributed by atoms with van der Waals surface area (Å²) < 4.78 is 70.0. The first-order valence-corrected chi connectivity index (χ1v) is 19.9. The van der Waals surface area contributed by atoms with E-state index >= 15 is 0 Å². The van der Waals surface area contributed by atoms with E-state index < -0.39 is 47.1 Å². The third-order valence-electron chi connectivity index (χ3n) is 9.28. The average molecular weight is 844 g/mol. The zero-order valence-electron chi connectivity index (χ0n) is 30.0. The predicted octanol–water partition coefficient (Wildman–Crippen LogP) is 6.66. The van der Waals surface area contributed by atoms with Gasteiger partial charge in [0.1, 0.15) is 22.7 Å². The molecule has 3 aromatic carbocycles. The Hall–Kier alpha value is -5.42. The number of benzene rings is 3. The van der Waals surface area contributed by atoms with E-state index in [1.807, 2.05) is 24.3 Å². The molecule has 0 saturated heterocycles. The molecule has 0 unspecified atom stereocenters. The summed E-state index contributed by atoms with van der Waals surface area (Å²) in [4.78, 5) is 48.9. The molecule has 1 fully saturated rings. The number of pyridine rings is 2. The van der Waals surface area contributed by atoms with Gasteiger partial charge in [-0.3, -0.25) is 28.6 Å². The summed E-state index contributed by atoms with van der Waals surface area (Å²) in [5, 5.41) is 1.31. The van der Waals surface area contributed by atoms with Crippen molar-refractivity contribution >= 4 is 67.6 Å². The van der Waals surface area contributed by atoms with E-state index in [1.165, 1.54) is 48.8 Å². The molecule has 57 heavy (non-hydrogen) atoms. The van der Waals surface area contributed by atoms with Crippen LogP contribution in [0.25, 0.3) is 10.9 Å². The number of para-hydroxylation sites is 1. The average Bonchev–Trinajstić information content (AvgIpc) is 3.96. The van der Waals surface area contributed by atoms with Gasteiger partial charge >= 0.3 is 12.6 Å². The highest BCUT2D eigenvalue weighted by Crippen LogP contribution is 2.38. The quantitative estimate of drug-likeness (QED) is 0.0819. The number of hydrogen-bond donors (Lipinski definition) is 0. The molecular formula is C39H34Cl2F2N4O9S. The number of sulfonamides is 1. The number of hydrogen-bond acceptors (Lipinski definition) is 10. The Kier molecular flexibility index (Phi) is 12.3. The van der Waals surface area contributed by atoms with Crippen molar-refractivity contribution in [1.29, 1.82) is 0 Å². The number of aromatic nitrogens is 2. The van der Waals surface area contributed by atoms with Crippen LogP contribution in [-0.2, 0) is 32.5 Å². The smallest absolute Gasteiger partial charge is 0.387 e. The number of ether oxygens (including phenoxy) is 3. The van der Waals surface area contributed by atoms with Crippen LogP contribution >= 0.6 is 23.2 Å². The number of H-pyrrole nitrogens is 1. The zero-order valence-corrected chi connectivity index (χ0v) is 32.4. The van der Waals surface area contributed by atoms with Crippen LogP contribution in [0.3, 0.4) is 0 Å². The first kappa shape index (κ1) is 41.2. The molecule has 18 heteroatoms. The molecule has 7 rings (SSSR count). The number of fused-ring (bicyclic) bond motifs is 2. The zero-order chi connectivity index (χ0) is 39.7. The minimum absolute atomic E-state index is 0. The molecule has 1 saturated carbocycles. The number of esters is 1. The molecule has 5 aromatic rings. The van der Waals surface area contributed by atoms with Gasteiger partial charge in [0.2, 0.25) is 10.0 Å². The molecule has 13 nitrogen and oxygen atoms in total. The van der Waals surface area contributed by atoms with Crippen molar-refractivity contribution in [2.45, 2.75) is 38.5 Å². The van der Waals surface area contributed by atoms with E-state index in [-0.39, 0.29) is 69.3 Å². The van der Waals surface area contributed by atoms with Crippen LogP contribution in [0.4, 0.5) is 14.5 Å². The van der Waals surface area contributed by atoms with Crippen molar-refractivity contribution in [3.63, 3.8) is 0 Å². The van der Waals surface area contributed by atoms with Gasteiger partial charge in [-0.05, 0) is 66.8 Å². The monoisotopic (exact) mass is 842 g/mol. The Morgan fingerprint density at radius 2 is 1.68 bits per heavy atom. The van der Waals surface area contributed by atoms with E-state index in [0.717, 1.165) is 28.8 Å². The van der Waals surface area contributed by atoms with Crippen molar-refractivity contribution < 1.29 is 56.3 Å². The molecule has 1 aliphatic heterocycles. The number of carbonyl (C=O) groups excluding carboxylic acids is 3. The van der Waals surface area contributed by atoms with E-state index in [0.29, 0.717) is 27.2 Å². The van der Waals surface area contributed by atoms with Crippen LogP contribution < -0.4 is 18.8 Å². The number of rotatable bonds is 15. The molecule has 0 bridgehead atoms. The van der Waals surface area contributed by atoms with Crippen molar-refractivity contribution in [1.82, 2.24) is 9.88 Å². The molecular weight excluding hydrogens is 809 g/mol. The summed E-state index contributed by atoms with van der Waals surface area (Å²) in [5.41, 5.74) is 1.78. The van der Waals surface area contributed by atoms with Crippen LogP contribution in [-0.4, -0.2) is 67.6 Å². The Morgan fingerprint density at radius 3 is 2.39 bits per heavy atom. The number of halogens is 4. The molecule has 0 spiro atoms. The third-order valence-corrected chi connectivity index (χ3v) is 11.1. The largest absolute Gasteiger partial charge is 0.870 e. The lowest BCUT2D eigenvalue weighted by Crippen LogP contribution is -2.36. The maximum atomic E-state index is 13.7. The molecule has 3 heterocycles. The molecule has 298 valence electrons. The fraction of sp³-hybridized carbons (Fsp3) is 0.256. The molecule has 2 amide bonds. The van der Waals surface area contributed by atoms with E-state index in [4.69, 9.17) is 32.7 Å². The maximum absolute atomic E-state index is 13.7. The van der Waals surface area contributed by atoms with E-state index in [2.05, 4.69) is 14.7 Å². The highest BCUT2D eigenvalue weighted by molar-refractivity contribution is 7.92. The number of aromatic amines is 1. The van der Waals surface area contributed by atoms with Crippen LogP contribution in [0.2, 0.25) is 10.0 Å². The molecule has 1 atom stereocenters. The van der Waals surface area contributed by atoms with Gasteiger partial charge in [0.25, 0.3) is 11.8 Å². The lowest BCUT2D eigenvalue weighted by Gasteiger charge is -2.22. The number of nitrogens with one attached hydrogen (secondary N) is 1. The van der Waals surface area contributed by atoms with Crippen molar-refractivity contribution in [2.75, 3.05) is 23.7 Å². The summed E-state index contributed by atoms with van der Waals surface area (Å²) in [5.74, 6) is -2.56. The summed E-state index contributed by atoms with van der Waals surface area (Å²) >= 11 is 12.9. The van der Waals surface area contributed by atoms with E-state index in [9.17, 15) is 31.6 Å². The molecule has 1 aliphatic carbocycles. The van der Waals surface area contributed by atoms with Crippen LogP contribution in [0.1, 0.15) is 56.5 Å². The molecule has 2 aromatic heterocycles. The van der Waals surface area contributed by atoms with Gasteiger partial charge < -0.3 is 19.7 Å². The fourth-order valence-electron chi connectivity index (χ4n) is 6.25. The first-order valence-electron chi connectivity index (χ1n) is 17.3. The summed E-state index contributed by atoms with van der Waals surface area (Å²) in [6, 6.07) is 19.0. The Morgan fingerprint density at radius 1 is 0.965 bits per heavy atom. The van der Waals surface area contributed by atoms with Gasteiger partial charge in [-0.2, -0.15) is 8.78 Å². The molecule has 2 N–H and O–H groups in total. The topological polar surface area (TPSA) is 177 Å². The minimum Gasteiger partial charge on any atom is -0.870 e. The van der Waals surface area contributed by atoms with Gasteiger partial charge in [-0.15, -0.1) is 0 Å². The van der Waals surface area contributed by atoms with Gasteiger partial charge in [0.05, 0.1) is 47.4 Å². The van der Waals surface area contributed by atoms with Gasteiger partial charge in [-0.25, -0.2) is 13.4 Å². The number of alkyl halides is 2. The van der Waals surface area contributed by atoms with Crippen LogP contribution in [0.15, 0.2) is 85.2 Å². The summed E-state index contributed by atoms with van der Waals surface area (Å²) in [6.07, 6.45) is 4.59. The Bertz CT molecular complexity index is 2450. The second-order valence-corrected chi connectivity index (χ2v) is 16.1. The predicted molar refractivity (Wildman–Crippen MR) is 203 cm³/mol. The molecule has 2 aliphatic rings. The third kappa shape index (κ3) is 9.42. The fourth-order valence-corrected chi connectivity index (χ4v) is 7.65. The first-order chi connectivity index (χ1) is 26.7. The second kappa shape index (κ2) is 17.0. The van der Waals surface area contributed by atoms with Gasteiger partial charge in [-0.1, -0.05) is 53.5 Å². The summed E-state index contributed by atoms with van der Waals surface area (Å²) in [7, 11) is -3.90. The Labute approximate surface area is 335 Å². The van der Waals surface area contributed by atoms with Gasteiger partial charge in [0, 0.05) is 17.4 Å². The standard InChI is InChI=1S/C39H32Cl2F2N4O8S.H2O/c1-56(51,52)47(19-25-10-8-23-4-2-3-5-32(23)45-25)26-11-12-27-28(15-26)38(50)46(37(27)49)20-36(48)54-34(16-29-30(40)17-44-18-31(29)41)24-9-13-33(55-39(42)43)35(14-24)53-21-22-6-7-22;/h2-5,8-15,17-18,22,34,39H,6-7,16,19-21H2,1H3;1H2/t34-;/m0./s1. The normalized spacial score (nSPS) is 14.3.